The predicted octanol–water partition coefficient (Wildman–Crippen LogP) is 2.47. The van der Waals surface area contributed by atoms with Gasteiger partial charge < -0.3 is 30.3 Å². The first-order valence-corrected chi connectivity index (χ1v) is 10.5. The molecular formula is C23H32IN5O3. The van der Waals surface area contributed by atoms with Gasteiger partial charge in [0.25, 0.3) is 5.91 Å². The molecular weight excluding hydrogens is 521 g/mol. The average molecular weight is 553 g/mol. The van der Waals surface area contributed by atoms with Crippen molar-refractivity contribution < 1.29 is 14.3 Å². The Balaban J connectivity index is 0.00000363. The Labute approximate surface area is 206 Å². The molecule has 3 N–H and O–H groups in total. The van der Waals surface area contributed by atoms with Gasteiger partial charge in [0, 0.05) is 44.5 Å². The minimum Gasteiger partial charge on any atom is -0.497 e. The van der Waals surface area contributed by atoms with Gasteiger partial charge in [0.1, 0.15) is 11.5 Å². The van der Waals surface area contributed by atoms with Crippen LogP contribution in [0.4, 0.5) is 5.69 Å². The molecule has 0 spiro atoms. The van der Waals surface area contributed by atoms with Crippen LogP contribution >= 0.6 is 24.0 Å². The van der Waals surface area contributed by atoms with Crippen LogP contribution in [0.3, 0.4) is 0 Å². The molecule has 0 atom stereocenters. The van der Waals surface area contributed by atoms with Gasteiger partial charge in [-0.05, 0) is 36.8 Å². The van der Waals surface area contributed by atoms with Crippen molar-refractivity contribution in [3.8, 4) is 11.5 Å². The third kappa shape index (κ3) is 7.47. The topological polar surface area (TPSA) is 92.4 Å². The molecule has 0 bridgehead atoms. The summed E-state index contributed by atoms with van der Waals surface area (Å²) in [6, 6.07) is 15.7. The number of piperazine rings is 1. The Morgan fingerprint density at radius 1 is 1.09 bits per heavy atom. The van der Waals surface area contributed by atoms with Gasteiger partial charge in [-0.15, -0.1) is 24.0 Å². The summed E-state index contributed by atoms with van der Waals surface area (Å²) in [6.07, 6.45) is 0. The van der Waals surface area contributed by atoms with Crippen molar-refractivity contribution in [3.63, 3.8) is 0 Å². The number of anilines is 1. The number of primary amides is 1. The number of carbonyl (C=O) groups is 1. The monoisotopic (exact) mass is 553 g/mol. The third-order valence-corrected chi connectivity index (χ3v) is 5.02. The highest BCUT2D eigenvalue weighted by Crippen LogP contribution is 2.22. The lowest BCUT2D eigenvalue weighted by Crippen LogP contribution is -2.52. The van der Waals surface area contributed by atoms with Crippen molar-refractivity contribution in [2.45, 2.75) is 13.5 Å². The quantitative estimate of drug-likeness (QED) is 0.297. The number of nitrogens with zero attached hydrogens (tertiary/aromatic N) is 3. The number of hydrogen-bond donors (Lipinski definition) is 2. The van der Waals surface area contributed by atoms with Crippen molar-refractivity contribution in [2.75, 3.05) is 51.3 Å². The van der Waals surface area contributed by atoms with Gasteiger partial charge in [-0.2, -0.15) is 0 Å². The number of benzene rings is 2. The Morgan fingerprint density at radius 2 is 1.81 bits per heavy atom. The highest BCUT2D eigenvalue weighted by atomic mass is 127. The van der Waals surface area contributed by atoms with Crippen LogP contribution in [-0.2, 0) is 11.3 Å². The number of aliphatic imine (C=N–C) groups is 1. The molecule has 1 heterocycles. The summed E-state index contributed by atoms with van der Waals surface area (Å²) in [6.45, 7) is 6.84. The summed E-state index contributed by atoms with van der Waals surface area (Å²) < 4.78 is 10.7. The number of halogens is 1. The number of nitrogens with two attached hydrogens (primary N) is 1. The fourth-order valence-electron chi connectivity index (χ4n) is 3.46. The molecule has 32 heavy (non-hydrogen) atoms. The van der Waals surface area contributed by atoms with E-state index in [-0.39, 0.29) is 30.6 Å². The fourth-order valence-corrected chi connectivity index (χ4v) is 3.46. The van der Waals surface area contributed by atoms with E-state index >= 15 is 0 Å². The molecule has 8 nitrogen and oxygen atoms in total. The van der Waals surface area contributed by atoms with Crippen molar-refractivity contribution in [3.05, 3.63) is 54.1 Å². The summed E-state index contributed by atoms with van der Waals surface area (Å²) in [7, 11) is 1.69. The number of amides is 1. The summed E-state index contributed by atoms with van der Waals surface area (Å²) in [5.41, 5.74) is 7.33. The van der Waals surface area contributed by atoms with Gasteiger partial charge in [-0.25, -0.2) is 4.99 Å². The van der Waals surface area contributed by atoms with Crippen molar-refractivity contribution in [1.82, 2.24) is 10.2 Å². The van der Waals surface area contributed by atoms with E-state index in [1.165, 1.54) is 5.69 Å². The van der Waals surface area contributed by atoms with Crippen LogP contribution in [0.15, 0.2) is 53.5 Å². The zero-order valence-electron chi connectivity index (χ0n) is 18.6. The second-order valence-electron chi connectivity index (χ2n) is 7.25. The smallest absolute Gasteiger partial charge is 0.255 e. The highest BCUT2D eigenvalue weighted by Gasteiger charge is 2.20. The van der Waals surface area contributed by atoms with Crippen LogP contribution in [-0.4, -0.2) is 63.2 Å². The van der Waals surface area contributed by atoms with Crippen LogP contribution in [0.5, 0.6) is 11.5 Å². The summed E-state index contributed by atoms with van der Waals surface area (Å²) in [4.78, 5) is 20.4. The SMILES string of the molecule is CCNC(=NCc1cccc(OCC(N)=O)c1)N1CCN(c2cccc(OC)c2)CC1.I. The van der Waals surface area contributed by atoms with Crippen LogP contribution in [0.1, 0.15) is 12.5 Å². The molecule has 3 rings (SSSR count). The number of rotatable bonds is 8. The Bertz CT molecular complexity index is 901. The highest BCUT2D eigenvalue weighted by molar-refractivity contribution is 14.0. The largest absolute Gasteiger partial charge is 0.497 e. The van der Waals surface area contributed by atoms with E-state index in [0.29, 0.717) is 12.3 Å². The van der Waals surface area contributed by atoms with E-state index in [0.717, 1.165) is 50.0 Å². The molecule has 1 aliphatic rings. The first-order valence-electron chi connectivity index (χ1n) is 10.5. The third-order valence-electron chi connectivity index (χ3n) is 5.02. The fraction of sp³-hybridized carbons (Fsp3) is 0.391. The number of methoxy groups -OCH3 is 1. The number of carbonyl (C=O) groups excluding carboxylic acids is 1. The molecule has 1 aliphatic heterocycles. The number of nitrogens with one attached hydrogen (secondary N) is 1. The second-order valence-corrected chi connectivity index (χ2v) is 7.25. The first kappa shape index (κ1) is 25.6. The molecule has 2 aromatic carbocycles. The lowest BCUT2D eigenvalue weighted by molar-refractivity contribution is -0.119. The maximum Gasteiger partial charge on any atom is 0.255 e. The van der Waals surface area contributed by atoms with Gasteiger partial charge in [-0.3, -0.25) is 4.79 Å². The van der Waals surface area contributed by atoms with E-state index in [2.05, 4.69) is 34.2 Å². The Kier molecular flexibility index (Phi) is 10.4. The average Bonchev–Trinajstić information content (AvgIpc) is 2.81. The van der Waals surface area contributed by atoms with Crippen LogP contribution in [0, 0.1) is 0 Å². The minimum absolute atomic E-state index is 0. The van der Waals surface area contributed by atoms with Crippen molar-refractivity contribution >= 4 is 41.5 Å². The predicted molar refractivity (Wildman–Crippen MR) is 138 cm³/mol. The van der Waals surface area contributed by atoms with E-state index in [9.17, 15) is 4.79 Å². The molecule has 1 saturated heterocycles. The second kappa shape index (κ2) is 13.0. The maximum absolute atomic E-state index is 10.9. The van der Waals surface area contributed by atoms with Crippen molar-refractivity contribution in [2.24, 2.45) is 10.7 Å². The summed E-state index contributed by atoms with van der Waals surface area (Å²) in [5, 5.41) is 3.40. The molecule has 0 aliphatic carbocycles. The van der Waals surface area contributed by atoms with E-state index in [1.807, 2.05) is 30.3 Å². The van der Waals surface area contributed by atoms with Crippen LogP contribution in [0.2, 0.25) is 0 Å². The summed E-state index contributed by atoms with van der Waals surface area (Å²) >= 11 is 0. The van der Waals surface area contributed by atoms with Crippen molar-refractivity contribution in [1.29, 1.82) is 0 Å². The number of guanidine groups is 1. The number of ether oxygens (including phenoxy) is 2. The van der Waals surface area contributed by atoms with Gasteiger partial charge in [-0.1, -0.05) is 18.2 Å². The first-order chi connectivity index (χ1) is 15.1. The van der Waals surface area contributed by atoms with E-state index in [1.54, 1.807) is 13.2 Å². The zero-order valence-corrected chi connectivity index (χ0v) is 21.0. The van der Waals surface area contributed by atoms with Gasteiger partial charge in [0.15, 0.2) is 12.6 Å². The van der Waals surface area contributed by atoms with Crippen LogP contribution < -0.4 is 25.4 Å². The molecule has 9 heteroatoms. The molecule has 1 amide bonds. The molecule has 0 aromatic heterocycles. The maximum atomic E-state index is 10.9. The molecule has 0 radical (unpaired) electrons. The van der Waals surface area contributed by atoms with E-state index < -0.39 is 5.91 Å². The molecule has 2 aromatic rings. The van der Waals surface area contributed by atoms with Crippen LogP contribution in [0.25, 0.3) is 0 Å². The van der Waals surface area contributed by atoms with E-state index in [4.69, 9.17) is 20.2 Å². The molecule has 174 valence electrons. The summed E-state index contributed by atoms with van der Waals surface area (Å²) in [5.74, 6) is 1.89. The van der Waals surface area contributed by atoms with Gasteiger partial charge >= 0.3 is 0 Å². The molecule has 1 fully saturated rings. The van der Waals surface area contributed by atoms with Gasteiger partial charge in [0.05, 0.1) is 13.7 Å². The standard InChI is InChI=1S/C23H31N5O3.HI/c1-3-25-23(26-16-18-6-4-9-21(14-18)31-17-22(24)29)28-12-10-27(11-13-28)19-7-5-8-20(15-19)30-2;/h4-9,14-15H,3,10-13,16-17H2,1-2H3,(H2,24,29)(H,25,26);1H. The minimum atomic E-state index is -0.494. The lowest BCUT2D eigenvalue weighted by Gasteiger charge is -2.37. The Hall–Kier alpha value is -2.69. The zero-order chi connectivity index (χ0) is 22.1. The Morgan fingerprint density at radius 3 is 2.50 bits per heavy atom. The number of hydrogen-bond acceptors (Lipinski definition) is 5. The normalized spacial score (nSPS) is 13.9. The molecule has 0 unspecified atom stereocenters. The lowest BCUT2D eigenvalue weighted by atomic mass is 10.2. The van der Waals surface area contributed by atoms with Gasteiger partial charge in [0.2, 0.25) is 0 Å². The molecule has 0 saturated carbocycles.